The van der Waals surface area contributed by atoms with Crippen LogP contribution in [-0.4, -0.2) is 38.4 Å². The van der Waals surface area contributed by atoms with Crippen LogP contribution in [0.4, 0.5) is 0 Å². The molecule has 102 valence electrons. The second kappa shape index (κ2) is 5.16. The molecule has 0 bridgehead atoms. The molecule has 0 saturated carbocycles. The van der Waals surface area contributed by atoms with Gasteiger partial charge in [0.15, 0.2) is 5.79 Å². The molecule has 2 aliphatic heterocycles. The summed E-state index contributed by atoms with van der Waals surface area (Å²) in [7, 11) is -2.81. The van der Waals surface area contributed by atoms with E-state index < -0.39 is 15.6 Å². The van der Waals surface area contributed by atoms with Gasteiger partial charge < -0.3 is 9.47 Å². The third-order valence-electron chi connectivity index (χ3n) is 3.64. The number of nitriles is 1. The first kappa shape index (κ1) is 13.8. The van der Waals surface area contributed by atoms with Crippen molar-refractivity contribution in [1.29, 1.82) is 5.26 Å². The van der Waals surface area contributed by atoms with Gasteiger partial charge >= 0.3 is 0 Å². The van der Waals surface area contributed by atoms with Crippen LogP contribution in [0.25, 0.3) is 0 Å². The number of rotatable bonds is 3. The summed E-state index contributed by atoms with van der Waals surface area (Å²) in [6.45, 7) is 2.34. The maximum atomic E-state index is 11.4. The number of sulfone groups is 1. The molecule has 2 unspecified atom stereocenters. The van der Waals surface area contributed by atoms with E-state index in [2.05, 4.69) is 6.07 Å². The lowest BCUT2D eigenvalue weighted by atomic mass is 9.94. The normalized spacial score (nSPS) is 36.3. The summed E-state index contributed by atoms with van der Waals surface area (Å²) in [5.74, 6) is 0.234. The van der Waals surface area contributed by atoms with Crippen molar-refractivity contribution < 1.29 is 17.9 Å². The van der Waals surface area contributed by atoms with Gasteiger partial charge in [-0.05, 0) is 25.7 Å². The minimum absolute atomic E-state index is 0.146. The van der Waals surface area contributed by atoms with Crippen molar-refractivity contribution in [3.8, 4) is 6.07 Å². The fourth-order valence-electron chi connectivity index (χ4n) is 2.67. The Kier molecular flexibility index (Phi) is 3.95. The number of nitrogens with zero attached hydrogens (tertiary/aromatic N) is 1. The molecule has 2 aliphatic rings. The zero-order chi connectivity index (χ0) is 13.2. The molecule has 2 fully saturated rings. The number of hydrogen-bond donors (Lipinski definition) is 0. The highest BCUT2D eigenvalue weighted by Gasteiger charge is 2.40. The lowest BCUT2D eigenvalue weighted by molar-refractivity contribution is -0.166. The molecule has 5 nitrogen and oxygen atoms in total. The van der Waals surface area contributed by atoms with E-state index in [-0.39, 0.29) is 17.6 Å². The quantitative estimate of drug-likeness (QED) is 0.773. The molecule has 0 aliphatic carbocycles. The average Bonchev–Trinajstić information content (AvgIpc) is 2.64. The van der Waals surface area contributed by atoms with Gasteiger partial charge in [-0.2, -0.15) is 5.26 Å². The maximum absolute atomic E-state index is 11.4. The Balaban J connectivity index is 1.85. The lowest BCUT2D eigenvalue weighted by Gasteiger charge is -2.30. The molecule has 0 N–H and O–H groups in total. The van der Waals surface area contributed by atoms with Crippen LogP contribution in [0.3, 0.4) is 0 Å². The Labute approximate surface area is 108 Å². The van der Waals surface area contributed by atoms with Crippen molar-refractivity contribution in [2.75, 3.05) is 18.1 Å². The smallest absolute Gasteiger partial charge is 0.166 e. The van der Waals surface area contributed by atoms with E-state index in [1.54, 1.807) is 0 Å². The van der Waals surface area contributed by atoms with Crippen LogP contribution in [0.1, 0.15) is 32.6 Å². The zero-order valence-electron chi connectivity index (χ0n) is 10.6. The molecule has 0 radical (unpaired) electrons. The summed E-state index contributed by atoms with van der Waals surface area (Å²) < 4.78 is 34.1. The number of hydrogen-bond acceptors (Lipinski definition) is 5. The molecule has 2 heterocycles. The molecule has 2 atom stereocenters. The van der Waals surface area contributed by atoms with Crippen LogP contribution in [0.2, 0.25) is 0 Å². The number of ether oxygens (including phenoxy) is 2. The van der Waals surface area contributed by atoms with E-state index in [4.69, 9.17) is 14.7 Å². The summed E-state index contributed by atoms with van der Waals surface area (Å²) in [6.07, 6.45) is 2.28. The highest BCUT2D eigenvalue weighted by Crippen LogP contribution is 2.34. The molecular formula is C12H19NO4S. The monoisotopic (exact) mass is 273 g/mol. The third-order valence-corrected chi connectivity index (χ3v) is 5.36. The van der Waals surface area contributed by atoms with Crippen LogP contribution < -0.4 is 0 Å². The molecule has 6 heteroatoms. The van der Waals surface area contributed by atoms with Gasteiger partial charge in [0.25, 0.3) is 0 Å². The van der Waals surface area contributed by atoms with E-state index in [1.165, 1.54) is 0 Å². The van der Waals surface area contributed by atoms with Crippen molar-refractivity contribution in [3.05, 3.63) is 0 Å². The summed E-state index contributed by atoms with van der Waals surface area (Å²) in [6, 6.07) is 2.08. The summed E-state index contributed by atoms with van der Waals surface area (Å²) >= 11 is 0. The molecule has 2 saturated heterocycles. The van der Waals surface area contributed by atoms with Gasteiger partial charge in [0.1, 0.15) is 9.84 Å². The molecule has 0 aromatic heterocycles. The highest BCUT2D eigenvalue weighted by atomic mass is 32.2. The predicted octanol–water partition coefficient (Wildman–Crippen LogP) is 1.25. The Morgan fingerprint density at radius 2 is 2.06 bits per heavy atom. The fraction of sp³-hybridized carbons (Fsp3) is 0.917. The second-order valence-corrected chi connectivity index (χ2v) is 7.65. The SMILES string of the molecule is CC1(CC2CCS(=O)(=O)CC2)OCC(CC#N)O1. The van der Waals surface area contributed by atoms with E-state index in [0.717, 1.165) is 0 Å². The summed E-state index contributed by atoms with van der Waals surface area (Å²) in [5, 5.41) is 8.62. The van der Waals surface area contributed by atoms with Crippen LogP contribution in [0.5, 0.6) is 0 Å². The van der Waals surface area contributed by atoms with Gasteiger partial charge in [0.05, 0.1) is 36.7 Å². The molecule has 0 aromatic rings. The van der Waals surface area contributed by atoms with Gasteiger partial charge in [0, 0.05) is 6.42 Å². The van der Waals surface area contributed by atoms with Crippen LogP contribution in [0, 0.1) is 17.2 Å². The first-order valence-corrected chi connectivity index (χ1v) is 8.14. The van der Waals surface area contributed by atoms with Crippen molar-refractivity contribution in [2.45, 2.75) is 44.5 Å². The largest absolute Gasteiger partial charge is 0.347 e. The topological polar surface area (TPSA) is 76.4 Å². The van der Waals surface area contributed by atoms with Gasteiger partial charge in [-0.15, -0.1) is 0 Å². The third kappa shape index (κ3) is 3.44. The Morgan fingerprint density at radius 1 is 1.39 bits per heavy atom. The van der Waals surface area contributed by atoms with Crippen molar-refractivity contribution in [3.63, 3.8) is 0 Å². The van der Waals surface area contributed by atoms with E-state index >= 15 is 0 Å². The molecule has 2 rings (SSSR count). The molecule has 0 spiro atoms. The Hall–Kier alpha value is -0.640. The summed E-state index contributed by atoms with van der Waals surface area (Å²) in [5.41, 5.74) is 0. The fourth-order valence-corrected chi connectivity index (χ4v) is 4.26. The standard InChI is InChI=1S/C12H19NO4S/c1-12(16-9-11(17-12)2-5-13)8-10-3-6-18(14,15)7-4-10/h10-11H,2-4,6-9H2,1H3. The first-order chi connectivity index (χ1) is 8.42. The van der Waals surface area contributed by atoms with Gasteiger partial charge in [-0.3, -0.25) is 0 Å². The lowest BCUT2D eigenvalue weighted by Crippen LogP contribution is -2.33. The van der Waals surface area contributed by atoms with Crippen molar-refractivity contribution in [2.24, 2.45) is 5.92 Å². The van der Waals surface area contributed by atoms with Crippen LogP contribution in [-0.2, 0) is 19.3 Å². The van der Waals surface area contributed by atoms with Crippen LogP contribution >= 0.6 is 0 Å². The van der Waals surface area contributed by atoms with Crippen molar-refractivity contribution >= 4 is 9.84 Å². The molecular weight excluding hydrogens is 254 g/mol. The van der Waals surface area contributed by atoms with Gasteiger partial charge in [-0.1, -0.05) is 0 Å². The van der Waals surface area contributed by atoms with Crippen LogP contribution in [0.15, 0.2) is 0 Å². The van der Waals surface area contributed by atoms with Gasteiger partial charge in [-0.25, -0.2) is 8.42 Å². The van der Waals surface area contributed by atoms with Crippen molar-refractivity contribution in [1.82, 2.24) is 0 Å². The summed E-state index contributed by atoms with van der Waals surface area (Å²) in [4.78, 5) is 0. The first-order valence-electron chi connectivity index (χ1n) is 6.32. The predicted molar refractivity (Wildman–Crippen MR) is 65.5 cm³/mol. The molecule has 18 heavy (non-hydrogen) atoms. The second-order valence-electron chi connectivity index (χ2n) is 5.35. The van der Waals surface area contributed by atoms with E-state index in [9.17, 15) is 8.42 Å². The zero-order valence-corrected chi connectivity index (χ0v) is 11.4. The van der Waals surface area contributed by atoms with E-state index in [1.807, 2.05) is 6.92 Å². The molecule has 0 amide bonds. The minimum atomic E-state index is -2.81. The minimum Gasteiger partial charge on any atom is -0.347 e. The van der Waals surface area contributed by atoms with Gasteiger partial charge in [0.2, 0.25) is 0 Å². The van der Waals surface area contributed by atoms with E-state index in [0.29, 0.717) is 38.2 Å². The highest BCUT2D eigenvalue weighted by molar-refractivity contribution is 7.91. The Morgan fingerprint density at radius 3 is 2.67 bits per heavy atom. The molecule has 0 aromatic carbocycles. The Bertz CT molecular complexity index is 427. The maximum Gasteiger partial charge on any atom is 0.166 e. The average molecular weight is 273 g/mol.